The Labute approximate surface area is 106 Å². The average molecular weight is 253 g/mol. The number of hydrogen-bond acceptors (Lipinski definition) is 4. The van der Waals surface area contributed by atoms with Crippen molar-refractivity contribution < 1.29 is 4.79 Å². The van der Waals surface area contributed by atoms with Gasteiger partial charge in [-0.3, -0.25) is 9.78 Å². The average Bonchev–Trinajstić information content (AvgIpc) is 2.89. The van der Waals surface area contributed by atoms with Crippen LogP contribution in [0.4, 0.5) is 0 Å². The van der Waals surface area contributed by atoms with Crippen LogP contribution in [0.25, 0.3) is 0 Å². The van der Waals surface area contributed by atoms with E-state index in [2.05, 4.69) is 10.3 Å². The van der Waals surface area contributed by atoms with Crippen LogP contribution >= 0.6 is 11.3 Å². The van der Waals surface area contributed by atoms with Crippen LogP contribution in [0, 0.1) is 11.8 Å². The summed E-state index contributed by atoms with van der Waals surface area (Å²) in [5, 5.41) is 2.99. The first-order valence-corrected chi connectivity index (χ1v) is 7.02. The monoisotopic (exact) mass is 253 g/mol. The highest BCUT2D eigenvalue weighted by molar-refractivity contribution is 7.09. The third kappa shape index (κ3) is 3.51. The number of thiazole rings is 1. The highest BCUT2D eigenvalue weighted by Gasteiger charge is 2.25. The molecule has 94 valence electrons. The van der Waals surface area contributed by atoms with Gasteiger partial charge in [0.25, 0.3) is 0 Å². The summed E-state index contributed by atoms with van der Waals surface area (Å²) in [5.74, 6) is 1.00. The molecule has 2 rings (SSSR count). The molecule has 1 aromatic rings. The second-order valence-electron chi connectivity index (χ2n) is 4.64. The molecule has 17 heavy (non-hydrogen) atoms. The number of nitrogens with zero attached hydrogens (tertiary/aromatic N) is 1. The van der Waals surface area contributed by atoms with Crippen molar-refractivity contribution in [2.45, 2.75) is 32.2 Å². The normalized spacial score (nSPS) is 24.5. The van der Waals surface area contributed by atoms with Crippen molar-refractivity contribution in [3.63, 3.8) is 0 Å². The Kier molecular flexibility index (Phi) is 4.50. The molecular weight excluding hydrogens is 234 g/mol. The van der Waals surface area contributed by atoms with Gasteiger partial charge in [-0.1, -0.05) is 0 Å². The van der Waals surface area contributed by atoms with Crippen molar-refractivity contribution in [2.75, 3.05) is 6.54 Å². The lowest BCUT2D eigenvalue weighted by Gasteiger charge is -2.26. The molecule has 0 radical (unpaired) electrons. The van der Waals surface area contributed by atoms with E-state index in [-0.39, 0.29) is 11.8 Å². The van der Waals surface area contributed by atoms with Crippen molar-refractivity contribution >= 4 is 17.2 Å². The maximum atomic E-state index is 11.9. The number of amides is 1. The number of nitrogens with two attached hydrogens (primary N) is 1. The van der Waals surface area contributed by atoms with E-state index in [1.807, 2.05) is 0 Å². The van der Waals surface area contributed by atoms with Crippen molar-refractivity contribution in [3.8, 4) is 0 Å². The fourth-order valence-electron chi connectivity index (χ4n) is 2.31. The van der Waals surface area contributed by atoms with Gasteiger partial charge in [-0.15, -0.1) is 11.3 Å². The van der Waals surface area contributed by atoms with E-state index < -0.39 is 0 Å². The standard InChI is InChI=1S/C12H19N3OS/c13-5-9-1-3-10(4-2-9)12(16)15-7-11-6-14-8-17-11/h6,8-10H,1-5,7,13H2,(H,15,16). The summed E-state index contributed by atoms with van der Waals surface area (Å²) in [5.41, 5.74) is 7.43. The SMILES string of the molecule is NCC1CCC(C(=O)NCc2cncs2)CC1. The summed E-state index contributed by atoms with van der Waals surface area (Å²) in [7, 11) is 0. The molecule has 1 heterocycles. The molecule has 0 unspecified atom stereocenters. The topological polar surface area (TPSA) is 68.0 Å². The molecule has 0 spiro atoms. The van der Waals surface area contributed by atoms with E-state index in [4.69, 9.17) is 5.73 Å². The quantitative estimate of drug-likeness (QED) is 0.855. The van der Waals surface area contributed by atoms with Gasteiger partial charge < -0.3 is 11.1 Å². The molecule has 1 saturated carbocycles. The summed E-state index contributed by atoms with van der Waals surface area (Å²) >= 11 is 1.57. The van der Waals surface area contributed by atoms with Gasteiger partial charge in [-0.05, 0) is 38.1 Å². The van der Waals surface area contributed by atoms with E-state index >= 15 is 0 Å². The van der Waals surface area contributed by atoms with Crippen LogP contribution < -0.4 is 11.1 Å². The Bertz CT molecular complexity index is 345. The molecule has 0 bridgehead atoms. The molecule has 0 saturated heterocycles. The fourth-order valence-corrected chi connectivity index (χ4v) is 2.84. The first kappa shape index (κ1) is 12.5. The lowest BCUT2D eigenvalue weighted by atomic mass is 9.81. The van der Waals surface area contributed by atoms with E-state index in [0.717, 1.165) is 37.1 Å². The van der Waals surface area contributed by atoms with Crippen molar-refractivity contribution in [2.24, 2.45) is 17.6 Å². The molecule has 1 aliphatic rings. The Morgan fingerprint density at radius 1 is 1.47 bits per heavy atom. The van der Waals surface area contributed by atoms with Gasteiger partial charge in [-0.25, -0.2) is 0 Å². The molecule has 1 aliphatic carbocycles. The number of nitrogens with one attached hydrogen (secondary N) is 1. The third-order valence-corrected chi connectivity index (χ3v) is 4.25. The minimum Gasteiger partial charge on any atom is -0.351 e. The van der Waals surface area contributed by atoms with Gasteiger partial charge in [0.1, 0.15) is 0 Å². The third-order valence-electron chi connectivity index (χ3n) is 3.47. The van der Waals surface area contributed by atoms with Crippen LogP contribution in [0.2, 0.25) is 0 Å². The van der Waals surface area contributed by atoms with E-state index in [9.17, 15) is 4.79 Å². The Balaban J connectivity index is 1.73. The zero-order chi connectivity index (χ0) is 12.1. The summed E-state index contributed by atoms with van der Waals surface area (Å²) < 4.78 is 0. The van der Waals surface area contributed by atoms with Crippen LogP contribution in [0.3, 0.4) is 0 Å². The number of hydrogen-bond donors (Lipinski definition) is 2. The van der Waals surface area contributed by atoms with Crippen molar-refractivity contribution in [3.05, 3.63) is 16.6 Å². The van der Waals surface area contributed by atoms with Crippen LogP contribution in [-0.4, -0.2) is 17.4 Å². The van der Waals surface area contributed by atoms with Crippen LogP contribution in [0.1, 0.15) is 30.6 Å². The molecule has 0 aromatic carbocycles. The lowest BCUT2D eigenvalue weighted by Crippen LogP contribution is -2.33. The summed E-state index contributed by atoms with van der Waals surface area (Å²) in [6, 6.07) is 0. The van der Waals surface area contributed by atoms with Gasteiger partial charge in [0.2, 0.25) is 5.91 Å². The van der Waals surface area contributed by atoms with Gasteiger partial charge >= 0.3 is 0 Å². The van der Waals surface area contributed by atoms with Crippen LogP contribution in [0.15, 0.2) is 11.7 Å². The second kappa shape index (κ2) is 6.12. The number of carbonyl (C=O) groups excluding carboxylic acids is 1. The molecule has 4 nitrogen and oxygen atoms in total. The van der Waals surface area contributed by atoms with E-state index in [0.29, 0.717) is 12.5 Å². The Morgan fingerprint density at radius 2 is 2.24 bits per heavy atom. The smallest absolute Gasteiger partial charge is 0.223 e. The van der Waals surface area contributed by atoms with E-state index in [1.54, 1.807) is 23.0 Å². The predicted octanol–water partition coefficient (Wildman–Crippen LogP) is 1.52. The van der Waals surface area contributed by atoms with Gasteiger partial charge in [-0.2, -0.15) is 0 Å². The maximum Gasteiger partial charge on any atom is 0.223 e. The Morgan fingerprint density at radius 3 is 2.82 bits per heavy atom. The zero-order valence-electron chi connectivity index (χ0n) is 9.89. The van der Waals surface area contributed by atoms with E-state index in [1.165, 1.54) is 0 Å². The van der Waals surface area contributed by atoms with Crippen molar-refractivity contribution in [1.29, 1.82) is 0 Å². The largest absolute Gasteiger partial charge is 0.351 e. The fraction of sp³-hybridized carbons (Fsp3) is 0.667. The number of aromatic nitrogens is 1. The maximum absolute atomic E-state index is 11.9. The lowest BCUT2D eigenvalue weighted by molar-refractivity contribution is -0.126. The minimum atomic E-state index is 0.186. The van der Waals surface area contributed by atoms with Crippen molar-refractivity contribution in [1.82, 2.24) is 10.3 Å². The molecule has 0 atom stereocenters. The minimum absolute atomic E-state index is 0.186. The Hall–Kier alpha value is -0.940. The molecule has 5 heteroatoms. The second-order valence-corrected chi connectivity index (χ2v) is 5.61. The number of rotatable bonds is 4. The summed E-state index contributed by atoms with van der Waals surface area (Å²) in [6.07, 6.45) is 5.95. The van der Waals surface area contributed by atoms with Gasteiger partial charge in [0.05, 0.1) is 12.1 Å². The molecule has 1 amide bonds. The zero-order valence-corrected chi connectivity index (χ0v) is 10.7. The van der Waals surface area contributed by atoms with Crippen LogP contribution in [-0.2, 0) is 11.3 Å². The summed E-state index contributed by atoms with van der Waals surface area (Å²) in [4.78, 5) is 17.0. The highest BCUT2D eigenvalue weighted by Crippen LogP contribution is 2.28. The first-order chi connectivity index (χ1) is 8.29. The highest BCUT2D eigenvalue weighted by atomic mass is 32.1. The molecular formula is C12H19N3OS. The molecule has 1 fully saturated rings. The molecule has 1 aromatic heterocycles. The molecule has 0 aliphatic heterocycles. The van der Waals surface area contributed by atoms with Gasteiger partial charge in [0.15, 0.2) is 0 Å². The van der Waals surface area contributed by atoms with Gasteiger partial charge in [0, 0.05) is 17.0 Å². The van der Waals surface area contributed by atoms with Crippen LogP contribution in [0.5, 0.6) is 0 Å². The predicted molar refractivity (Wildman–Crippen MR) is 68.5 cm³/mol. The number of carbonyl (C=O) groups is 1. The molecule has 3 N–H and O–H groups in total. The first-order valence-electron chi connectivity index (χ1n) is 6.14. The summed E-state index contributed by atoms with van der Waals surface area (Å²) in [6.45, 7) is 1.37.